The molecule has 1 amide bonds. The fourth-order valence-corrected chi connectivity index (χ4v) is 2.81. The van der Waals surface area contributed by atoms with Gasteiger partial charge in [-0.05, 0) is 36.4 Å². The molecule has 1 heterocycles. The third-order valence-corrected chi connectivity index (χ3v) is 4.50. The fraction of sp³-hybridized carbons (Fsp3) is 0.130. The number of halogens is 2. The molecule has 0 aliphatic carbocycles. The standard InChI is InChI=1S/C23H20F2N4O7/c1-29(2)23(33)12-4-3-5-13(8-12)35-21-17(24)19(34-10-16(31)32)18(25)22(28-21)36-15-9-11(20(26)27)6-7-14(15)30/h3-9,30H,10H2,1-2H3,(H3,26,27)(H,31,32). The van der Waals surface area contributed by atoms with Crippen molar-refractivity contribution >= 4 is 17.7 Å². The predicted molar refractivity (Wildman–Crippen MR) is 121 cm³/mol. The second-order valence-electron chi connectivity index (χ2n) is 7.39. The monoisotopic (exact) mass is 502 g/mol. The maximum Gasteiger partial charge on any atom is 0.341 e. The number of hydrogen-bond donors (Lipinski definition) is 4. The number of carboxylic acid groups (broad SMARTS) is 1. The van der Waals surface area contributed by atoms with Crippen molar-refractivity contribution in [2.24, 2.45) is 5.73 Å². The van der Waals surface area contributed by atoms with E-state index in [1.807, 2.05) is 0 Å². The number of nitrogens with zero attached hydrogens (tertiary/aromatic N) is 2. The quantitative estimate of drug-likeness (QED) is 0.254. The molecule has 5 N–H and O–H groups in total. The summed E-state index contributed by atoms with van der Waals surface area (Å²) in [7, 11) is 3.06. The number of aromatic nitrogens is 1. The van der Waals surface area contributed by atoms with Gasteiger partial charge < -0.3 is 35.1 Å². The summed E-state index contributed by atoms with van der Waals surface area (Å²) < 4.78 is 45.5. The Bertz CT molecular complexity index is 1350. The summed E-state index contributed by atoms with van der Waals surface area (Å²) in [5, 5.41) is 26.4. The van der Waals surface area contributed by atoms with Crippen LogP contribution in [0.4, 0.5) is 8.78 Å². The lowest BCUT2D eigenvalue weighted by atomic mass is 10.2. The van der Waals surface area contributed by atoms with Crippen molar-refractivity contribution in [3.63, 3.8) is 0 Å². The summed E-state index contributed by atoms with van der Waals surface area (Å²) >= 11 is 0. The Morgan fingerprint density at radius 1 is 1.06 bits per heavy atom. The van der Waals surface area contributed by atoms with Crippen LogP contribution in [0.1, 0.15) is 15.9 Å². The van der Waals surface area contributed by atoms with Crippen LogP contribution in [0.15, 0.2) is 42.5 Å². The Hall–Kier alpha value is -4.94. The van der Waals surface area contributed by atoms with E-state index in [4.69, 9.17) is 30.5 Å². The van der Waals surface area contributed by atoms with Gasteiger partial charge in [-0.1, -0.05) is 6.07 Å². The summed E-state index contributed by atoms with van der Waals surface area (Å²) in [6.45, 7) is -1.10. The van der Waals surface area contributed by atoms with E-state index >= 15 is 8.78 Å². The number of carbonyl (C=O) groups excluding carboxylic acids is 1. The highest BCUT2D eigenvalue weighted by Crippen LogP contribution is 2.39. The smallest absolute Gasteiger partial charge is 0.341 e. The number of amides is 1. The highest BCUT2D eigenvalue weighted by Gasteiger charge is 2.26. The zero-order valence-electron chi connectivity index (χ0n) is 18.9. The van der Waals surface area contributed by atoms with Crippen LogP contribution >= 0.6 is 0 Å². The number of phenols is 1. The molecule has 0 spiro atoms. The number of rotatable bonds is 9. The Kier molecular flexibility index (Phi) is 7.52. The second-order valence-corrected chi connectivity index (χ2v) is 7.39. The third kappa shape index (κ3) is 5.75. The van der Waals surface area contributed by atoms with E-state index in [1.54, 1.807) is 0 Å². The molecule has 188 valence electrons. The van der Waals surface area contributed by atoms with E-state index < -0.39 is 53.2 Å². The summed E-state index contributed by atoms with van der Waals surface area (Å²) in [6, 6.07) is 9.14. The number of carboxylic acids is 1. The average molecular weight is 502 g/mol. The van der Waals surface area contributed by atoms with E-state index in [-0.39, 0.29) is 28.6 Å². The van der Waals surface area contributed by atoms with Gasteiger partial charge in [-0.3, -0.25) is 10.2 Å². The number of phenolic OH excluding ortho intramolecular Hbond substituents is 1. The van der Waals surface area contributed by atoms with Gasteiger partial charge in [0.15, 0.2) is 18.1 Å². The van der Waals surface area contributed by atoms with E-state index in [9.17, 15) is 14.7 Å². The number of aliphatic carboxylic acids is 1. The first kappa shape index (κ1) is 25.7. The lowest BCUT2D eigenvalue weighted by molar-refractivity contribution is -0.139. The summed E-state index contributed by atoms with van der Waals surface area (Å²) in [4.78, 5) is 28.1. The number of ether oxygens (including phenoxy) is 3. The minimum absolute atomic E-state index is 0.0581. The van der Waals surface area contributed by atoms with Crippen LogP contribution in [0, 0.1) is 17.0 Å². The number of aromatic hydroxyl groups is 1. The van der Waals surface area contributed by atoms with Crippen LogP contribution in [-0.2, 0) is 4.79 Å². The minimum atomic E-state index is -1.52. The van der Waals surface area contributed by atoms with E-state index in [0.29, 0.717) is 0 Å². The van der Waals surface area contributed by atoms with Gasteiger partial charge >= 0.3 is 5.97 Å². The van der Waals surface area contributed by atoms with Crippen molar-refractivity contribution in [3.8, 4) is 34.8 Å². The lowest BCUT2D eigenvalue weighted by Crippen LogP contribution is -2.21. The van der Waals surface area contributed by atoms with Crippen molar-refractivity contribution in [1.82, 2.24) is 9.88 Å². The van der Waals surface area contributed by atoms with E-state index in [2.05, 4.69) is 4.98 Å². The summed E-state index contributed by atoms with van der Waals surface area (Å²) in [5.41, 5.74) is 5.73. The molecule has 1 aromatic heterocycles. The number of nitrogens with one attached hydrogen (secondary N) is 1. The molecule has 0 aliphatic rings. The Morgan fingerprint density at radius 3 is 2.33 bits per heavy atom. The first-order valence-corrected chi connectivity index (χ1v) is 10.1. The predicted octanol–water partition coefficient (Wildman–Crippen LogP) is 3.10. The number of pyridine rings is 1. The molecule has 13 heteroatoms. The highest BCUT2D eigenvalue weighted by atomic mass is 19.1. The number of benzene rings is 2. The summed E-state index contributed by atoms with van der Waals surface area (Å²) in [5.74, 6) is -9.19. The fourth-order valence-electron chi connectivity index (χ4n) is 2.81. The first-order chi connectivity index (χ1) is 17.0. The van der Waals surface area contributed by atoms with Crippen LogP contribution in [0.5, 0.6) is 34.8 Å². The van der Waals surface area contributed by atoms with E-state index in [0.717, 1.165) is 12.1 Å². The van der Waals surface area contributed by atoms with Gasteiger partial charge in [0, 0.05) is 25.2 Å². The number of amidine groups is 1. The molecule has 0 unspecified atom stereocenters. The Balaban J connectivity index is 2.07. The third-order valence-electron chi connectivity index (χ3n) is 4.50. The lowest BCUT2D eigenvalue weighted by Gasteiger charge is -2.15. The maximum atomic E-state index is 15.1. The highest BCUT2D eigenvalue weighted by molar-refractivity contribution is 5.95. The number of nitrogens with two attached hydrogens (primary N) is 1. The van der Waals surface area contributed by atoms with Gasteiger partial charge in [0.05, 0.1) is 0 Å². The van der Waals surface area contributed by atoms with Crippen molar-refractivity contribution in [2.45, 2.75) is 0 Å². The van der Waals surface area contributed by atoms with Crippen molar-refractivity contribution in [3.05, 3.63) is 65.2 Å². The van der Waals surface area contributed by atoms with Crippen LogP contribution in [0.25, 0.3) is 0 Å². The van der Waals surface area contributed by atoms with Gasteiger partial charge in [-0.15, -0.1) is 0 Å². The number of nitrogen functional groups attached to an aromatic ring is 1. The molecular formula is C23H20F2N4O7. The molecular weight excluding hydrogens is 482 g/mol. The summed E-state index contributed by atoms with van der Waals surface area (Å²) in [6.07, 6.45) is 0. The molecule has 0 bridgehead atoms. The van der Waals surface area contributed by atoms with Gasteiger partial charge in [-0.2, -0.15) is 13.8 Å². The molecule has 0 saturated carbocycles. The molecule has 11 nitrogen and oxygen atoms in total. The molecule has 0 atom stereocenters. The Labute approximate surface area is 202 Å². The molecule has 0 aliphatic heterocycles. The van der Waals surface area contributed by atoms with Crippen molar-refractivity contribution in [1.29, 1.82) is 5.41 Å². The van der Waals surface area contributed by atoms with Crippen LogP contribution in [0.2, 0.25) is 0 Å². The SMILES string of the molecule is CN(C)C(=O)c1cccc(Oc2nc(Oc3cc(C(=N)N)ccc3O)c(F)c(OCC(=O)O)c2F)c1. The van der Waals surface area contributed by atoms with Gasteiger partial charge in [0.1, 0.15) is 11.6 Å². The van der Waals surface area contributed by atoms with Gasteiger partial charge in [-0.25, -0.2) is 4.79 Å². The Morgan fingerprint density at radius 2 is 1.72 bits per heavy atom. The molecule has 0 fully saturated rings. The average Bonchev–Trinajstić information content (AvgIpc) is 2.82. The molecule has 0 saturated heterocycles. The second kappa shape index (κ2) is 10.5. The maximum absolute atomic E-state index is 15.1. The van der Waals surface area contributed by atoms with Gasteiger partial charge in [0.25, 0.3) is 17.7 Å². The molecule has 36 heavy (non-hydrogen) atoms. The van der Waals surface area contributed by atoms with Crippen molar-refractivity contribution in [2.75, 3.05) is 20.7 Å². The van der Waals surface area contributed by atoms with Crippen molar-refractivity contribution < 1.29 is 42.8 Å². The number of hydrogen-bond acceptors (Lipinski definition) is 8. The molecule has 0 radical (unpaired) electrons. The molecule has 2 aromatic carbocycles. The first-order valence-electron chi connectivity index (χ1n) is 10.1. The van der Waals surface area contributed by atoms with Crippen LogP contribution in [-0.4, -0.2) is 58.5 Å². The topological polar surface area (TPSA) is 168 Å². The van der Waals surface area contributed by atoms with Crippen LogP contribution in [0.3, 0.4) is 0 Å². The van der Waals surface area contributed by atoms with Crippen LogP contribution < -0.4 is 19.9 Å². The zero-order chi connectivity index (χ0) is 26.6. The molecule has 3 aromatic rings. The van der Waals surface area contributed by atoms with Gasteiger partial charge in [0.2, 0.25) is 17.4 Å². The zero-order valence-corrected chi connectivity index (χ0v) is 18.9. The molecule has 3 rings (SSSR count). The normalized spacial score (nSPS) is 10.4. The minimum Gasteiger partial charge on any atom is -0.504 e. The number of carbonyl (C=O) groups is 2. The van der Waals surface area contributed by atoms with E-state index in [1.165, 1.54) is 49.3 Å². The largest absolute Gasteiger partial charge is 0.504 e.